The number of likely N-dealkylation sites (tertiary alicyclic amines) is 1. The first-order valence-electron chi connectivity index (χ1n) is 9.40. The van der Waals surface area contributed by atoms with Crippen LogP contribution in [0, 0.1) is 0 Å². The van der Waals surface area contributed by atoms with Gasteiger partial charge in [-0.2, -0.15) is 0 Å². The second-order valence-corrected chi connectivity index (χ2v) is 8.03. The molecule has 2 amide bonds. The van der Waals surface area contributed by atoms with Crippen molar-refractivity contribution in [3.05, 3.63) is 40.3 Å². The lowest BCUT2D eigenvalue weighted by Gasteiger charge is -2.25. The molecule has 2 N–H and O–H groups in total. The van der Waals surface area contributed by atoms with Crippen molar-refractivity contribution in [1.82, 2.24) is 9.88 Å². The summed E-state index contributed by atoms with van der Waals surface area (Å²) in [4.78, 5) is 31.0. The topological polar surface area (TPSA) is 74.3 Å². The van der Waals surface area contributed by atoms with Crippen molar-refractivity contribution in [2.24, 2.45) is 0 Å². The van der Waals surface area contributed by atoms with Crippen molar-refractivity contribution in [2.45, 2.75) is 39.0 Å². The number of nitrogens with zero attached hydrogens (tertiary/aromatic N) is 2. The van der Waals surface area contributed by atoms with Gasteiger partial charge in [0.05, 0.1) is 11.6 Å². The maximum atomic E-state index is 12.3. The highest BCUT2D eigenvalue weighted by Crippen LogP contribution is 2.20. The molecule has 2 aromatic rings. The molecule has 1 aliphatic heterocycles. The number of benzene rings is 1. The zero-order valence-electron chi connectivity index (χ0n) is 15.8. The largest absolute Gasteiger partial charge is 0.325 e. The van der Waals surface area contributed by atoms with Gasteiger partial charge in [-0.1, -0.05) is 20.3 Å². The average molecular weight is 387 g/mol. The molecule has 27 heavy (non-hydrogen) atoms. The van der Waals surface area contributed by atoms with Crippen molar-refractivity contribution in [2.75, 3.05) is 30.3 Å². The summed E-state index contributed by atoms with van der Waals surface area (Å²) in [5, 5.41) is 8.48. The highest BCUT2D eigenvalue weighted by Gasteiger charge is 2.15. The molecule has 0 bridgehead atoms. The Hall–Kier alpha value is -2.25. The Morgan fingerprint density at radius 1 is 1.07 bits per heavy atom. The molecule has 144 valence electrons. The molecule has 2 heterocycles. The zero-order valence-corrected chi connectivity index (χ0v) is 16.6. The van der Waals surface area contributed by atoms with Crippen LogP contribution in [-0.4, -0.2) is 41.3 Å². The van der Waals surface area contributed by atoms with Gasteiger partial charge in [0.25, 0.3) is 5.91 Å². The van der Waals surface area contributed by atoms with Crippen molar-refractivity contribution in [3.8, 4) is 0 Å². The third-order valence-corrected chi connectivity index (χ3v) is 5.64. The van der Waals surface area contributed by atoms with E-state index < -0.39 is 0 Å². The Kier molecular flexibility index (Phi) is 6.58. The predicted octanol–water partition coefficient (Wildman–Crippen LogP) is 3.94. The SMILES string of the molecule is CC(C)c1nc(C(=O)Nc2ccc(NC(=O)CN3CCCCC3)cc2)cs1. The number of carbonyl (C=O) groups excluding carboxylic acids is 2. The second-order valence-electron chi connectivity index (χ2n) is 7.14. The third kappa shape index (κ3) is 5.61. The van der Waals surface area contributed by atoms with Crippen LogP contribution in [0.25, 0.3) is 0 Å². The minimum absolute atomic E-state index is 0.00243. The first-order chi connectivity index (χ1) is 13.0. The molecule has 0 spiro atoms. The van der Waals surface area contributed by atoms with Crippen LogP contribution in [0.3, 0.4) is 0 Å². The van der Waals surface area contributed by atoms with E-state index in [0.717, 1.165) is 23.8 Å². The first-order valence-corrected chi connectivity index (χ1v) is 10.3. The van der Waals surface area contributed by atoms with Gasteiger partial charge in [-0.3, -0.25) is 14.5 Å². The van der Waals surface area contributed by atoms with Gasteiger partial charge in [0.15, 0.2) is 0 Å². The summed E-state index contributed by atoms with van der Waals surface area (Å²) in [5.41, 5.74) is 1.83. The first kappa shape index (κ1) is 19.5. The number of hydrogen-bond acceptors (Lipinski definition) is 5. The maximum absolute atomic E-state index is 12.3. The molecule has 1 aliphatic rings. The molecule has 0 aliphatic carbocycles. The number of thiazole rings is 1. The molecule has 3 rings (SSSR count). The van der Waals surface area contributed by atoms with Crippen LogP contribution >= 0.6 is 11.3 Å². The molecule has 6 nitrogen and oxygen atoms in total. The molecule has 7 heteroatoms. The minimum Gasteiger partial charge on any atom is -0.325 e. The monoisotopic (exact) mass is 386 g/mol. The van der Waals surface area contributed by atoms with Gasteiger partial charge in [-0.25, -0.2) is 4.98 Å². The van der Waals surface area contributed by atoms with Gasteiger partial charge in [0.2, 0.25) is 5.91 Å². The molecule has 0 saturated carbocycles. The molecule has 1 aromatic carbocycles. The minimum atomic E-state index is -0.222. The van der Waals surface area contributed by atoms with Crippen molar-refractivity contribution in [3.63, 3.8) is 0 Å². The average Bonchev–Trinajstić information content (AvgIpc) is 3.15. The Bertz CT molecular complexity index is 780. The lowest BCUT2D eigenvalue weighted by molar-refractivity contribution is -0.117. The molecular weight excluding hydrogens is 360 g/mol. The normalized spacial score (nSPS) is 14.9. The smallest absolute Gasteiger partial charge is 0.275 e. The van der Waals surface area contributed by atoms with Crippen molar-refractivity contribution in [1.29, 1.82) is 0 Å². The lowest BCUT2D eigenvalue weighted by atomic mass is 10.1. The van der Waals surface area contributed by atoms with E-state index in [1.807, 2.05) is 0 Å². The fraction of sp³-hybridized carbons (Fsp3) is 0.450. The predicted molar refractivity (Wildman–Crippen MR) is 110 cm³/mol. The van der Waals surface area contributed by atoms with E-state index in [1.165, 1.54) is 30.6 Å². The van der Waals surface area contributed by atoms with Gasteiger partial charge < -0.3 is 10.6 Å². The number of amides is 2. The fourth-order valence-corrected chi connectivity index (χ4v) is 3.83. The van der Waals surface area contributed by atoms with E-state index in [2.05, 4.69) is 34.4 Å². The van der Waals surface area contributed by atoms with Crippen molar-refractivity contribution < 1.29 is 9.59 Å². The summed E-state index contributed by atoms with van der Waals surface area (Å²) < 4.78 is 0. The van der Waals surface area contributed by atoms with E-state index in [1.54, 1.807) is 29.6 Å². The van der Waals surface area contributed by atoms with E-state index in [0.29, 0.717) is 23.8 Å². The quantitative estimate of drug-likeness (QED) is 0.788. The van der Waals surface area contributed by atoms with E-state index in [-0.39, 0.29) is 11.8 Å². The number of piperidine rings is 1. The van der Waals surface area contributed by atoms with E-state index >= 15 is 0 Å². The Morgan fingerprint density at radius 3 is 2.30 bits per heavy atom. The third-order valence-electron chi connectivity index (χ3n) is 4.49. The van der Waals surface area contributed by atoms with Crippen LogP contribution in [0.15, 0.2) is 29.6 Å². The summed E-state index contributed by atoms with van der Waals surface area (Å²) in [7, 11) is 0. The van der Waals surface area contributed by atoms with Crippen LogP contribution in [0.4, 0.5) is 11.4 Å². The van der Waals surface area contributed by atoms with Gasteiger partial charge in [0, 0.05) is 22.7 Å². The number of hydrogen-bond donors (Lipinski definition) is 2. The second kappa shape index (κ2) is 9.10. The summed E-state index contributed by atoms with van der Waals surface area (Å²) in [6.07, 6.45) is 3.59. The van der Waals surface area contributed by atoms with Crippen LogP contribution < -0.4 is 10.6 Å². The number of carbonyl (C=O) groups is 2. The van der Waals surface area contributed by atoms with Crippen LogP contribution in [0.1, 0.15) is 54.5 Å². The maximum Gasteiger partial charge on any atom is 0.275 e. The van der Waals surface area contributed by atoms with Crippen molar-refractivity contribution >= 4 is 34.5 Å². The Balaban J connectivity index is 1.51. The van der Waals surface area contributed by atoms with Gasteiger partial charge >= 0.3 is 0 Å². The number of anilines is 2. The summed E-state index contributed by atoms with van der Waals surface area (Å²) in [6, 6.07) is 7.16. The molecule has 0 unspecified atom stereocenters. The standard InChI is InChI=1S/C20H26N4O2S/c1-14(2)20-23-17(13-27-20)19(26)22-16-8-6-15(7-9-16)21-18(25)12-24-10-4-3-5-11-24/h6-9,13-14H,3-5,10-12H2,1-2H3,(H,21,25)(H,22,26). The van der Waals surface area contributed by atoms with Gasteiger partial charge in [0.1, 0.15) is 5.69 Å². The highest BCUT2D eigenvalue weighted by molar-refractivity contribution is 7.09. The number of aromatic nitrogens is 1. The molecule has 0 radical (unpaired) electrons. The van der Waals surface area contributed by atoms with Gasteiger partial charge in [-0.05, 0) is 50.2 Å². The molecule has 1 aromatic heterocycles. The Labute approximate surface area is 164 Å². The summed E-state index contributed by atoms with van der Waals surface area (Å²) in [6.45, 7) is 6.53. The van der Waals surface area contributed by atoms with E-state index in [4.69, 9.17) is 0 Å². The number of nitrogens with one attached hydrogen (secondary N) is 2. The fourth-order valence-electron chi connectivity index (χ4n) is 3.01. The summed E-state index contributed by atoms with van der Waals surface area (Å²) in [5.74, 6) is 0.0850. The lowest BCUT2D eigenvalue weighted by Crippen LogP contribution is -2.36. The molecule has 1 saturated heterocycles. The number of rotatable bonds is 6. The van der Waals surface area contributed by atoms with Crippen LogP contribution in [0.2, 0.25) is 0 Å². The molecular formula is C20H26N4O2S. The Morgan fingerprint density at radius 2 is 1.70 bits per heavy atom. The van der Waals surface area contributed by atoms with Crippen LogP contribution in [0.5, 0.6) is 0 Å². The van der Waals surface area contributed by atoms with E-state index in [9.17, 15) is 9.59 Å². The summed E-state index contributed by atoms with van der Waals surface area (Å²) >= 11 is 1.50. The van der Waals surface area contributed by atoms with Crippen LogP contribution in [-0.2, 0) is 4.79 Å². The highest BCUT2D eigenvalue weighted by atomic mass is 32.1. The zero-order chi connectivity index (χ0) is 19.2. The van der Waals surface area contributed by atoms with Gasteiger partial charge in [-0.15, -0.1) is 11.3 Å². The molecule has 1 fully saturated rings. The molecule has 0 atom stereocenters.